The third-order valence-electron chi connectivity index (χ3n) is 7.38. The Kier molecular flexibility index (Phi) is 6.74. The Hall–Kier alpha value is -4.07. The molecule has 0 aliphatic carbocycles. The molecule has 1 saturated heterocycles. The quantitative estimate of drug-likeness (QED) is 0.525. The number of piperazine rings is 1. The van der Waals surface area contributed by atoms with Gasteiger partial charge in [-0.3, -0.25) is 9.59 Å². The zero-order valence-electron chi connectivity index (χ0n) is 21.2. The molecule has 0 radical (unpaired) electrons. The Bertz CT molecular complexity index is 1300. The van der Waals surface area contributed by atoms with Crippen molar-refractivity contribution in [1.29, 1.82) is 0 Å². The largest absolute Gasteiger partial charge is 0.493 e. The number of amides is 2. The molecule has 2 atom stereocenters. The topological polar surface area (TPSA) is 62.3 Å². The van der Waals surface area contributed by atoms with E-state index in [1.54, 1.807) is 50.4 Å². The molecule has 5 rings (SSSR count). The summed E-state index contributed by atoms with van der Waals surface area (Å²) in [5.74, 6) is 0.128. The second-order valence-corrected chi connectivity index (χ2v) is 9.33. The van der Waals surface area contributed by atoms with Crippen LogP contribution in [-0.4, -0.2) is 69.1 Å². The molecule has 0 N–H and O–H groups in total. The number of hydrogen-bond acceptors (Lipinski definition) is 5. The number of carbonyl (C=O) groups is 2. The van der Waals surface area contributed by atoms with Crippen molar-refractivity contribution in [2.45, 2.75) is 12.0 Å². The van der Waals surface area contributed by atoms with Gasteiger partial charge in [0.2, 0.25) is 5.91 Å². The number of halogens is 1. The molecule has 37 heavy (non-hydrogen) atoms. The average Bonchev–Trinajstić information content (AvgIpc) is 2.94. The van der Waals surface area contributed by atoms with Crippen LogP contribution in [-0.2, 0) is 4.79 Å². The van der Waals surface area contributed by atoms with Crippen LogP contribution in [0, 0.1) is 5.82 Å². The van der Waals surface area contributed by atoms with Crippen LogP contribution < -0.4 is 14.4 Å². The molecule has 0 spiro atoms. The first-order chi connectivity index (χ1) is 17.9. The Balaban J connectivity index is 1.48. The molecule has 8 heteroatoms. The molecule has 7 nitrogen and oxygen atoms in total. The molecular formula is C29H30FN3O4. The second kappa shape index (κ2) is 10.1. The van der Waals surface area contributed by atoms with Gasteiger partial charge < -0.3 is 24.2 Å². The molecule has 2 aliphatic heterocycles. The Morgan fingerprint density at radius 2 is 1.57 bits per heavy atom. The molecule has 2 heterocycles. The van der Waals surface area contributed by atoms with Crippen LogP contribution in [0.2, 0.25) is 0 Å². The van der Waals surface area contributed by atoms with Crippen molar-refractivity contribution in [3.05, 3.63) is 89.2 Å². The van der Waals surface area contributed by atoms with E-state index in [4.69, 9.17) is 9.47 Å². The second-order valence-electron chi connectivity index (χ2n) is 9.33. The van der Waals surface area contributed by atoms with Gasteiger partial charge in [-0.2, -0.15) is 0 Å². The van der Waals surface area contributed by atoms with Crippen LogP contribution in [0.5, 0.6) is 11.5 Å². The lowest BCUT2D eigenvalue weighted by molar-refractivity contribution is -0.134. The Labute approximate surface area is 216 Å². The van der Waals surface area contributed by atoms with E-state index in [0.29, 0.717) is 43.2 Å². The van der Waals surface area contributed by atoms with Gasteiger partial charge >= 0.3 is 0 Å². The number of benzene rings is 3. The van der Waals surface area contributed by atoms with Crippen LogP contribution >= 0.6 is 0 Å². The highest BCUT2D eigenvalue weighted by atomic mass is 19.1. The van der Waals surface area contributed by atoms with E-state index < -0.39 is 12.0 Å². The molecule has 3 aromatic carbocycles. The number of likely N-dealkylation sites (N-methyl/N-ethyl adjacent to an activating group) is 1. The van der Waals surface area contributed by atoms with Crippen molar-refractivity contribution in [3.63, 3.8) is 0 Å². The number of anilines is 1. The smallest absolute Gasteiger partial charge is 0.254 e. The van der Waals surface area contributed by atoms with Gasteiger partial charge in [0, 0.05) is 44.5 Å². The fraction of sp³-hybridized carbons (Fsp3) is 0.310. The van der Waals surface area contributed by atoms with Crippen LogP contribution in [0.3, 0.4) is 0 Å². The van der Waals surface area contributed by atoms with Crippen molar-refractivity contribution in [1.82, 2.24) is 9.80 Å². The maximum absolute atomic E-state index is 14.2. The fourth-order valence-electron chi connectivity index (χ4n) is 5.43. The normalized spacial score (nSPS) is 19.5. The minimum atomic E-state index is -0.575. The first-order valence-corrected chi connectivity index (χ1v) is 12.3. The zero-order valence-corrected chi connectivity index (χ0v) is 21.2. The molecule has 3 aromatic rings. The fourth-order valence-corrected chi connectivity index (χ4v) is 5.43. The molecule has 0 bridgehead atoms. The van der Waals surface area contributed by atoms with Gasteiger partial charge in [-0.25, -0.2) is 4.39 Å². The van der Waals surface area contributed by atoms with E-state index in [1.807, 2.05) is 35.2 Å². The maximum atomic E-state index is 14.2. The standard InChI is InChI=1S/C29H30FN3O4/c1-31-27(19-8-13-24(36-2)25(18-19)37-3)26(22-6-4-5-7-23(22)28(31)34)29(35)33-16-14-32(15-17-33)21-11-9-20(30)10-12-21/h4-13,18,26-27H,14-17H2,1-3H3/t26-,27+/m1/s1. The van der Waals surface area contributed by atoms with Crippen LogP contribution in [0.4, 0.5) is 10.1 Å². The van der Waals surface area contributed by atoms with E-state index in [2.05, 4.69) is 4.90 Å². The highest BCUT2D eigenvalue weighted by molar-refractivity contribution is 6.01. The predicted molar refractivity (Wildman–Crippen MR) is 139 cm³/mol. The van der Waals surface area contributed by atoms with Crippen molar-refractivity contribution in [3.8, 4) is 11.5 Å². The van der Waals surface area contributed by atoms with Crippen molar-refractivity contribution >= 4 is 17.5 Å². The van der Waals surface area contributed by atoms with E-state index in [9.17, 15) is 14.0 Å². The summed E-state index contributed by atoms with van der Waals surface area (Å²) >= 11 is 0. The Morgan fingerprint density at radius 1 is 0.892 bits per heavy atom. The number of fused-ring (bicyclic) bond motifs is 1. The molecule has 0 unspecified atom stereocenters. The first-order valence-electron chi connectivity index (χ1n) is 12.3. The number of ether oxygens (including phenoxy) is 2. The van der Waals surface area contributed by atoms with Gasteiger partial charge in [0.05, 0.1) is 26.2 Å². The van der Waals surface area contributed by atoms with Gasteiger partial charge in [0.1, 0.15) is 5.82 Å². The summed E-state index contributed by atoms with van der Waals surface area (Å²) in [5, 5.41) is 0. The SMILES string of the molecule is COc1ccc([C@H]2[C@H](C(=O)N3CCN(c4ccc(F)cc4)CC3)c3ccccc3C(=O)N2C)cc1OC. The summed E-state index contributed by atoms with van der Waals surface area (Å²) in [4.78, 5) is 33.2. The minimum absolute atomic E-state index is 0.0228. The van der Waals surface area contributed by atoms with Crippen LogP contribution in [0.25, 0.3) is 0 Å². The molecule has 0 aromatic heterocycles. The first kappa shape index (κ1) is 24.6. The zero-order chi connectivity index (χ0) is 26.1. The monoisotopic (exact) mass is 503 g/mol. The lowest BCUT2D eigenvalue weighted by Gasteiger charge is -2.43. The third-order valence-corrected chi connectivity index (χ3v) is 7.38. The summed E-state index contributed by atoms with van der Waals surface area (Å²) in [6.45, 7) is 2.35. The third kappa shape index (κ3) is 4.48. The number of rotatable bonds is 5. The van der Waals surface area contributed by atoms with Crippen molar-refractivity contribution in [2.75, 3.05) is 52.3 Å². The minimum Gasteiger partial charge on any atom is -0.493 e. The van der Waals surface area contributed by atoms with Gasteiger partial charge in [-0.05, 0) is 53.6 Å². The number of hydrogen-bond donors (Lipinski definition) is 0. The van der Waals surface area contributed by atoms with E-state index >= 15 is 0 Å². The highest BCUT2D eigenvalue weighted by Crippen LogP contribution is 2.44. The molecule has 0 saturated carbocycles. The Morgan fingerprint density at radius 3 is 2.24 bits per heavy atom. The van der Waals surface area contributed by atoms with E-state index in [-0.39, 0.29) is 17.6 Å². The molecular weight excluding hydrogens is 473 g/mol. The molecule has 2 aliphatic rings. The van der Waals surface area contributed by atoms with E-state index in [1.165, 1.54) is 12.1 Å². The van der Waals surface area contributed by atoms with Gasteiger partial charge in [0.25, 0.3) is 5.91 Å². The number of carbonyl (C=O) groups excluding carboxylic acids is 2. The molecule has 1 fully saturated rings. The lowest BCUT2D eigenvalue weighted by Crippen LogP contribution is -2.53. The molecule has 192 valence electrons. The summed E-state index contributed by atoms with van der Waals surface area (Å²) in [7, 11) is 4.88. The van der Waals surface area contributed by atoms with E-state index in [0.717, 1.165) is 16.8 Å². The number of methoxy groups -OCH3 is 2. The lowest BCUT2D eigenvalue weighted by atomic mass is 9.79. The summed E-state index contributed by atoms with van der Waals surface area (Å²) < 4.78 is 24.3. The molecule has 2 amide bonds. The van der Waals surface area contributed by atoms with Crippen molar-refractivity contribution in [2.24, 2.45) is 0 Å². The maximum Gasteiger partial charge on any atom is 0.254 e. The summed E-state index contributed by atoms with van der Waals surface area (Å²) in [5.41, 5.74) is 3.01. The van der Waals surface area contributed by atoms with Gasteiger partial charge in [0.15, 0.2) is 11.5 Å². The van der Waals surface area contributed by atoms with Crippen LogP contribution in [0.15, 0.2) is 66.7 Å². The number of nitrogens with zero attached hydrogens (tertiary/aromatic N) is 3. The van der Waals surface area contributed by atoms with Gasteiger partial charge in [-0.15, -0.1) is 0 Å². The summed E-state index contributed by atoms with van der Waals surface area (Å²) in [6.07, 6.45) is 0. The van der Waals surface area contributed by atoms with Crippen LogP contribution in [0.1, 0.15) is 33.4 Å². The van der Waals surface area contributed by atoms with Gasteiger partial charge in [-0.1, -0.05) is 24.3 Å². The average molecular weight is 504 g/mol. The van der Waals surface area contributed by atoms with Crippen molar-refractivity contribution < 1.29 is 23.5 Å². The predicted octanol–water partition coefficient (Wildman–Crippen LogP) is 4.10. The highest BCUT2D eigenvalue weighted by Gasteiger charge is 2.44. The summed E-state index contributed by atoms with van der Waals surface area (Å²) in [6, 6.07) is 18.8.